The molecule has 2 aromatic carbocycles. The lowest BCUT2D eigenvalue weighted by Gasteiger charge is -2.18. The Labute approximate surface area is 175 Å². The number of hydrogen-bond acceptors (Lipinski definition) is 3. The Morgan fingerprint density at radius 1 is 1.36 bits per heavy atom. The van der Waals surface area contributed by atoms with Crippen molar-refractivity contribution in [2.75, 3.05) is 13.1 Å². The lowest BCUT2D eigenvalue weighted by Crippen LogP contribution is -2.32. The normalized spacial score (nSPS) is 17.5. The molecular formula is C22H26ClFN2OS. The first-order valence-corrected chi connectivity index (χ1v) is 11.1. The van der Waals surface area contributed by atoms with Gasteiger partial charge in [-0.3, -0.25) is 4.79 Å². The molecule has 0 aromatic heterocycles. The van der Waals surface area contributed by atoms with Crippen LogP contribution in [-0.2, 0) is 12.2 Å². The summed E-state index contributed by atoms with van der Waals surface area (Å²) in [7, 11) is 0. The van der Waals surface area contributed by atoms with Crippen molar-refractivity contribution < 1.29 is 9.18 Å². The van der Waals surface area contributed by atoms with Crippen molar-refractivity contribution in [2.45, 2.75) is 43.7 Å². The minimum absolute atomic E-state index is 0.0263. The van der Waals surface area contributed by atoms with Crippen LogP contribution in [-0.4, -0.2) is 25.0 Å². The molecule has 0 spiro atoms. The smallest absolute Gasteiger partial charge is 0.254 e. The summed E-state index contributed by atoms with van der Waals surface area (Å²) in [5.74, 6) is -0.145. The molecule has 3 rings (SSSR count). The molecule has 0 unspecified atom stereocenters. The van der Waals surface area contributed by atoms with E-state index in [-0.39, 0.29) is 22.8 Å². The van der Waals surface area contributed by atoms with Crippen molar-refractivity contribution in [1.82, 2.24) is 10.6 Å². The molecule has 0 fully saturated rings. The van der Waals surface area contributed by atoms with E-state index in [1.54, 1.807) is 17.8 Å². The van der Waals surface area contributed by atoms with E-state index in [4.69, 9.17) is 11.6 Å². The number of hydrogen-bond donors (Lipinski definition) is 2. The van der Waals surface area contributed by atoms with Crippen LogP contribution in [0, 0.1) is 5.82 Å². The second-order valence-corrected chi connectivity index (χ2v) is 8.82. The number of nitrogens with one attached hydrogen (secondary N) is 2. The van der Waals surface area contributed by atoms with E-state index < -0.39 is 5.82 Å². The molecule has 2 atom stereocenters. The van der Waals surface area contributed by atoms with Gasteiger partial charge in [0.05, 0.1) is 5.56 Å². The van der Waals surface area contributed by atoms with E-state index in [2.05, 4.69) is 16.7 Å². The summed E-state index contributed by atoms with van der Waals surface area (Å²) >= 11 is 7.92. The fraction of sp³-hybridized carbons (Fsp3) is 0.409. The van der Waals surface area contributed by atoms with Gasteiger partial charge < -0.3 is 10.6 Å². The minimum Gasteiger partial charge on any atom is -0.350 e. The number of benzene rings is 2. The van der Waals surface area contributed by atoms with Crippen molar-refractivity contribution in [2.24, 2.45) is 0 Å². The number of amides is 1. The summed E-state index contributed by atoms with van der Waals surface area (Å²) < 4.78 is 14.5. The second kappa shape index (κ2) is 9.77. The molecule has 28 heavy (non-hydrogen) atoms. The van der Waals surface area contributed by atoms with Crippen LogP contribution in [0.3, 0.4) is 0 Å². The lowest BCUT2D eigenvalue weighted by atomic mass is 10.0. The summed E-state index contributed by atoms with van der Waals surface area (Å²) in [5, 5.41) is 7.32. The van der Waals surface area contributed by atoms with Gasteiger partial charge in [-0.25, -0.2) is 4.39 Å². The number of rotatable bonds is 6. The average molecular weight is 421 g/mol. The molecule has 0 saturated heterocycles. The van der Waals surface area contributed by atoms with Crippen LogP contribution in [0.2, 0.25) is 5.02 Å². The Morgan fingerprint density at radius 3 is 2.93 bits per heavy atom. The largest absolute Gasteiger partial charge is 0.350 e. The first kappa shape index (κ1) is 21.2. The highest BCUT2D eigenvalue weighted by Gasteiger charge is 2.20. The summed E-state index contributed by atoms with van der Waals surface area (Å²) in [6, 6.07) is 11.0. The van der Waals surface area contributed by atoms with Crippen LogP contribution < -0.4 is 10.6 Å². The lowest BCUT2D eigenvalue weighted by molar-refractivity contribution is 0.0935. The predicted molar refractivity (Wildman–Crippen MR) is 116 cm³/mol. The summed E-state index contributed by atoms with van der Waals surface area (Å²) in [4.78, 5) is 12.2. The van der Waals surface area contributed by atoms with E-state index in [0.29, 0.717) is 5.75 Å². The molecule has 1 aliphatic rings. The number of carbonyl (C=O) groups is 1. The molecule has 1 aliphatic heterocycles. The second-order valence-electron chi connectivity index (χ2n) is 7.19. The fourth-order valence-corrected chi connectivity index (χ4v) is 4.67. The third kappa shape index (κ3) is 5.28. The molecule has 0 aliphatic carbocycles. The van der Waals surface area contributed by atoms with Crippen molar-refractivity contribution in [3.05, 3.63) is 69.5 Å². The van der Waals surface area contributed by atoms with Gasteiger partial charge in [0.2, 0.25) is 0 Å². The van der Waals surface area contributed by atoms with E-state index >= 15 is 0 Å². The van der Waals surface area contributed by atoms with Crippen LogP contribution >= 0.6 is 23.4 Å². The summed E-state index contributed by atoms with van der Waals surface area (Å²) in [6.07, 6.45) is 1.77. The highest BCUT2D eigenvalue weighted by molar-refractivity contribution is 7.98. The number of carbonyl (C=O) groups excluding carboxylic acids is 1. The number of thioether (sulfide) groups is 1. The highest BCUT2D eigenvalue weighted by atomic mass is 35.5. The fourth-order valence-electron chi connectivity index (χ4n) is 3.25. The molecule has 1 heterocycles. The van der Waals surface area contributed by atoms with Crippen LogP contribution in [0.15, 0.2) is 36.4 Å². The standard InChI is InChI=1S/C22H26ClFN2OS/c1-3-14(2)26-22(27)19-6-4-15(10-20(19)24)13-28-21-12-25-9-8-16-11-17(23)5-7-18(16)21/h4-7,10-11,14,21,25H,3,8-9,12-13H2,1-2H3,(H,26,27)/t14-,21+/m0/s1. The molecule has 2 N–H and O–H groups in total. The number of fused-ring (bicyclic) bond motifs is 1. The quantitative estimate of drug-likeness (QED) is 0.680. The van der Waals surface area contributed by atoms with Gasteiger partial charge in [0.25, 0.3) is 5.91 Å². The zero-order chi connectivity index (χ0) is 20.1. The van der Waals surface area contributed by atoms with Crippen LogP contribution in [0.4, 0.5) is 4.39 Å². The molecule has 2 aromatic rings. The van der Waals surface area contributed by atoms with Gasteiger partial charge in [-0.15, -0.1) is 11.8 Å². The maximum atomic E-state index is 14.5. The maximum absolute atomic E-state index is 14.5. The van der Waals surface area contributed by atoms with Crippen LogP contribution in [0.5, 0.6) is 0 Å². The monoisotopic (exact) mass is 420 g/mol. The van der Waals surface area contributed by atoms with Crippen LogP contribution in [0.1, 0.15) is 52.6 Å². The van der Waals surface area contributed by atoms with Gasteiger partial charge in [-0.1, -0.05) is 30.7 Å². The van der Waals surface area contributed by atoms with Gasteiger partial charge in [-0.2, -0.15) is 0 Å². The molecule has 0 saturated carbocycles. The van der Waals surface area contributed by atoms with Gasteiger partial charge in [0, 0.05) is 28.6 Å². The van der Waals surface area contributed by atoms with Gasteiger partial charge in [0.15, 0.2) is 0 Å². The van der Waals surface area contributed by atoms with Crippen molar-refractivity contribution >= 4 is 29.3 Å². The molecule has 3 nitrogen and oxygen atoms in total. The van der Waals surface area contributed by atoms with E-state index in [1.807, 2.05) is 32.0 Å². The molecule has 6 heteroatoms. The van der Waals surface area contributed by atoms with Gasteiger partial charge in [-0.05, 0) is 67.3 Å². The Kier molecular flexibility index (Phi) is 7.38. The summed E-state index contributed by atoms with van der Waals surface area (Å²) in [5.41, 5.74) is 3.55. The Bertz CT molecular complexity index is 845. The van der Waals surface area contributed by atoms with Crippen molar-refractivity contribution in [3.8, 4) is 0 Å². The Balaban J connectivity index is 1.68. The van der Waals surface area contributed by atoms with E-state index in [1.165, 1.54) is 17.2 Å². The molecule has 0 bridgehead atoms. The van der Waals surface area contributed by atoms with E-state index in [0.717, 1.165) is 36.5 Å². The molecule has 1 amide bonds. The summed E-state index contributed by atoms with van der Waals surface area (Å²) in [6.45, 7) is 5.69. The van der Waals surface area contributed by atoms with Crippen LogP contribution in [0.25, 0.3) is 0 Å². The molecule has 0 radical (unpaired) electrons. The maximum Gasteiger partial charge on any atom is 0.254 e. The van der Waals surface area contributed by atoms with Crippen molar-refractivity contribution in [1.29, 1.82) is 0 Å². The first-order chi connectivity index (χ1) is 13.5. The Hall–Kier alpha value is -1.56. The minimum atomic E-state index is -0.468. The SMILES string of the molecule is CC[C@H](C)NC(=O)c1ccc(CS[C@@H]2CNCCc3cc(Cl)ccc32)cc1F. The average Bonchev–Trinajstić information content (AvgIpc) is 2.87. The zero-order valence-corrected chi connectivity index (χ0v) is 17.8. The topological polar surface area (TPSA) is 41.1 Å². The Morgan fingerprint density at radius 2 is 2.18 bits per heavy atom. The van der Waals surface area contributed by atoms with Gasteiger partial charge in [0.1, 0.15) is 5.82 Å². The predicted octanol–water partition coefficient (Wildman–Crippen LogP) is 5.13. The molecular weight excluding hydrogens is 395 g/mol. The number of halogens is 2. The van der Waals surface area contributed by atoms with Crippen molar-refractivity contribution in [3.63, 3.8) is 0 Å². The molecule has 150 valence electrons. The third-order valence-electron chi connectivity index (χ3n) is 5.07. The zero-order valence-electron chi connectivity index (χ0n) is 16.2. The van der Waals surface area contributed by atoms with Gasteiger partial charge >= 0.3 is 0 Å². The highest BCUT2D eigenvalue weighted by Crippen LogP contribution is 2.35. The third-order valence-corrected chi connectivity index (χ3v) is 6.63. The van der Waals surface area contributed by atoms with E-state index in [9.17, 15) is 9.18 Å². The first-order valence-electron chi connectivity index (χ1n) is 9.68.